The monoisotopic (exact) mass is 685 g/mol. The van der Waals surface area contributed by atoms with Gasteiger partial charge in [-0.05, 0) is 36.8 Å². The number of hydrogen-bond donors (Lipinski definition) is 5. The second kappa shape index (κ2) is 21.0. The number of aliphatic imine (C=N–C) groups is 1. The van der Waals surface area contributed by atoms with E-state index in [2.05, 4.69) is 27.3 Å². The van der Waals surface area contributed by atoms with E-state index in [1.54, 1.807) is 43.3 Å². The number of carbonyl (C=O) groups is 4. The maximum Gasteiger partial charge on any atom is 0.389 e. The van der Waals surface area contributed by atoms with Gasteiger partial charge in [0.05, 0.1) is 11.4 Å². The van der Waals surface area contributed by atoms with E-state index < -0.39 is 60.7 Å². The van der Waals surface area contributed by atoms with Gasteiger partial charge in [-0.3, -0.25) is 19.2 Å². The molecule has 3 atom stereocenters. The van der Waals surface area contributed by atoms with Crippen molar-refractivity contribution in [2.45, 2.75) is 78.2 Å². The summed E-state index contributed by atoms with van der Waals surface area (Å²) in [7, 11) is 0. The summed E-state index contributed by atoms with van der Waals surface area (Å²) in [5.41, 5.74) is 6.21. The van der Waals surface area contributed by atoms with Crippen molar-refractivity contribution < 1.29 is 41.8 Å². The summed E-state index contributed by atoms with van der Waals surface area (Å²) in [6.07, 6.45) is -3.70. The molecule has 260 valence electrons. The van der Waals surface area contributed by atoms with E-state index in [4.69, 9.17) is 10.8 Å². The highest BCUT2D eigenvalue weighted by molar-refractivity contribution is 7.97. The van der Waals surface area contributed by atoms with Crippen LogP contribution in [0.3, 0.4) is 0 Å². The predicted molar refractivity (Wildman–Crippen MR) is 175 cm³/mol. The lowest BCUT2D eigenvalue weighted by Crippen LogP contribution is -2.45. The van der Waals surface area contributed by atoms with Crippen LogP contribution < -0.4 is 21.1 Å². The van der Waals surface area contributed by atoms with Crippen molar-refractivity contribution in [2.75, 3.05) is 11.1 Å². The number of rotatable bonds is 11. The Morgan fingerprint density at radius 3 is 2.28 bits per heavy atom. The Kier molecular flexibility index (Phi) is 18.3. The molecule has 47 heavy (non-hydrogen) atoms. The number of hydrogen-bond acceptors (Lipinski definition) is 7. The highest BCUT2D eigenvalue weighted by Crippen LogP contribution is 2.28. The topological polar surface area (TPSA) is 163 Å². The van der Waals surface area contributed by atoms with Crippen LogP contribution >= 0.6 is 11.9 Å². The molecule has 2 aromatic rings. The van der Waals surface area contributed by atoms with Gasteiger partial charge in [-0.25, -0.2) is 9.38 Å². The number of nitrogens with one attached hydrogen (secondary N) is 3. The number of para-hydroxylation sites is 1. The number of aliphatic carboxylic acids is 1. The van der Waals surface area contributed by atoms with Crippen LogP contribution in [0.5, 0.6) is 0 Å². The molecule has 6 N–H and O–H groups in total. The Hall–Kier alpha value is -3.98. The fourth-order valence-electron chi connectivity index (χ4n) is 3.74. The normalized spacial score (nSPS) is 16.2. The van der Waals surface area contributed by atoms with Crippen molar-refractivity contribution in [3.8, 4) is 0 Å². The summed E-state index contributed by atoms with van der Waals surface area (Å²) >= 11 is 0.966. The molecule has 0 aromatic heterocycles. The fraction of sp³-hybridized carbons (Fsp3) is 0.469. The molecule has 1 aliphatic carbocycles. The quantitative estimate of drug-likeness (QED) is 0.0882. The number of fused-ring (bicyclic) bond motifs is 1. The lowest BCUT2D eigenvalue weighted by Gasteiger charge is -2.19. The van der Waals surface area contributed by atoms with Crippen LogP contribution in [0.4, 0.5) is 23.2 Å². The van der Waals surface area contributed by atoms with Gasteiger partial charge in [-0.1, -0.05) is 83.0 Å². The van der Waals surface area contributed by atoms with Crippen LogP contribution in [-0.2, 0) is 19.2 Å². The number of nitrogens with zero attached hydrogens (tertiary/aromatic N) is 1. The first-order chi connectivity index (χ1) is 22.3. The third-order valence-corrected chi connectivity index (χ3v) is 7.36. The number of carbonyl (C=O) groups excluding carboxylic acids is 3. The van der Waals surface area contributed by atoms with Crippen molar-refractivity contribution in [1.82, 2.24) is 10.0 Å². The maximum absolute atomic E-state index is 14.4. The number of carboxylic acids is 1. The minimum absolute atomic E-state index is 0.0732. The van der Waals surface area contributed by atoms with Gasteiger partial charge in [-0.2, -0.15) is 13.2 Å². The number of benzene rings is 2. The van der Waals surface area contributed by atoms with E-state index in [1.807, 2.05) is 13.8 Å². The van der Waals surface area contributed by atoms with Gasteiger partial charge in [0.25, 0.3) is 5.91 Å². The SMILES string of the molecule is CC.CC1CC1.CCC(CCC(F)(F)F)C(=O)NC1N=C(c2ccccc2)c2cccc(F)c2NC1=O.NC(CSNC=O)C(=O)O. The van der Waals surface area contributed by atoms with E-state index >= 15 is 0 Å². The molecular weight excluding hydrogens is 642 g/mol. The minimum atomic E-state index is -4.38. The van der Waals surface area contributed by atoms with Gasteiger partial charge >= 0.3 is 12.1 Å². The molecule has 3 unspecified atom stereocenters. The molecule has 0 bridgehead atoms. The van der Waals surface area contributed by atoms with Gasteiger partial charge < -0.3 is 26.2 Å². The molecule has 15 heteroatoms. The second-order valence-electron chi connectivity index (χ2n) is 10.3. The highest BCUT2D eigenvalue weighted by Gasteiger charge is 2.33. The van der Waals surface area contributed by atoms with Gasteiger partial charge in [0.1, 0.15) is 11.9 Å². The molecule has 1 fully saturated rings. The molecule has 10 nitrogen and oxygen atoms in total. The van der Waals surface area contributed by atoms with Crippen LogP contribution in [-0.4, -0.2) is 59.1 Å². The average molecular weight is 686 g/mol. The summed E-state index contributed by atoms with van der Waals surface area (Å²) in [5, 5.41) is 13.1. The Morgan fingerprint density at radius 2 is 1.77 bits per heavy atom. The third-order valence-electron chi connectivity index (χ3n) is 6.57. The van der Waals surface area contributed by atoms with E-state index in [0.717, 1.165) is 17.9 Å². The van der Waals surface area contributed by atoms with Gasteiger partial charge in [0.2, 0.25) is 18.5 Å². The largest absolute Gasteiger partial charge is 0.480 e. The zero-order valence-electron chi connectivity index (χ0n) is 26.8. The maximum atomic E-state index is 14.4. The van der Waals surface area contributed by atoms with E-state index in [-0.39, 0.29) is 23.6 Å². The van der Waals surface area contributed by atoms with E-state index in [1.165, 1.54) is 25.0 Å². The Morgan fingerprint density at radius 1 is 1.15 bits per heavy atom. The minimum Gasteiger partial charge on any atom is -0.480 e. The lowest BCUT2D eigenvalue weighted by atomic mass is 9.99. The van der Waals surface area contributed by atoms with Crippen molar-refractivity contribution in [1.29, 1.82) is 0 Å². The first-order valence-corrected chi connectivity index (χ1v) is 16.1. The summed E-state index contributed by atoms with van der Waals surface area (Å²) in [4.78, 5) is 49.3. The Balaban J connectivity index is 0.000000569. The standard InChI is InChI=1S/C22H21F4N3O2.C4H8N2O3S.C4H8.C2H6/c1-2-13(11-12-22(24,25)26)20(30)29-19-21(31)28-18-15(9-6-10-16(18)23)17(27-19)14-7-4-3-5-8-14;5-3(4(8)9)1-10-6-2-7;1-4-2-3-4;1-2/h3-10,13,19H,2,11-12H2,1H3,(H,28,31)(H,29,30);2-3H,1,5H2,(H,6,7)(H,8,9);4H,2-3H2,1H3;1-2H3. The van der Waals surface area contributed by atoms with Gasteiger partial charge in [-0.15, -0.1) is 0 Å². The highest BCUT2D eigenvalue weighted by atomic mass is 32.2. The molecule has 0 saturated heterocycles. The average Bonchev–Trinajstić information content (AvgIpc) is 3.85. The number of benzodiazepines with no additional fused rings is 1. The summed E-state index contributed by atoms with van der Waals surface area (Å²) < 4.78 is 54.4. The van der Waals surface area contributed by atoms with Gasteiger partial charge in [0, 0.05) is 29.2 Å². The Labute approximate surface area is 276 Å². The Bertz CT molecular complexity index is 1330. The van der Waals surface area contributed by atoms with Crippen molar-refractivity contribution in [3.63, 3.8) is 0 Å². The summed E-state index contributed by atoms with van der Waals surface area (Å²) in [5.74, 6) is -2.91. The molecule has 1 heterocycles. The van der Waals surface area contributed by atoms with Gasteiger partial charge in [0.15, 0.2) is 0 Å². The zero-order chi connectivity index (χ0) is 35.6. The zero-order valence-corrected chi connectivity index (χ0v) is 27.6. The number of alkyl halides is 3. The van der Waals surface area contributed by atoms with Crippen LogP contribution in [0.2, 0.25) is 0 Å². The van der Waals surface area contributed by atoms with Crippen molar-refractivity contribution in [3.05, 3.63) is 65.5 Å². The third kappa shape index (κ3) is 15.4. The molecule has 0 radical (unpaired) electrons. The van der Waals surface area contributed by atoms with Crippen LogP contribution in [0.15, 0.2) is 53.5 Å². The number of carboxylic acid groups (broad SMARTS) is 1. The lowest BCUT2D eigenvalue weighted by molar-refractivity contribution is -0.142. The molecule has 4 rings (SSSR count). The molecular formula is C32H43F4N5O5S. The predicted octanol–water partition coefficient (Wildman–Crippen LogP) is 5.66. The van der Waals surface area contributed by atoms with Crippen molar-refractivity contribution >= 4 is 47.5 Å². The smallest absolute Gasteiger partial charge is 0.389 e. The fourth-order valence-corrected chi connectivity index (χ4v) is 4.23. The van der Waals surface area contributed by atoms with Crippen LogP contribution in [0, 0.1) is 17.7 Å². The number of anilines is 1. The molecule has 3 amide bonds. The molecule has 1 saturated carbocycles. The molecule has 2 aliphatic rings. The number of nitrogens with two attached hydrogens (primary N) is 1. The van der Waals surface area contributed by atoms with Crippen LogP contribution in [0.25, 0.3) is 0 Å². The molecule has 0 spiro atoms. The molecule has 1 aliphatic heterocycles. The number of halogens is 4. The van der Waals surface area contributed by atoms with Crippen molar-refractivity contribution in [2.24, 2.45) is 22.6 Å². The second-order valence-corrected chi connectivity index (χ2v) is 11.2. The number of amides is 3. The first kappa shape index (κ1) is 41.0. The van der Waals surface area contributed by atoms with Crippen LogP contribution in [0.1, 0.15) is 70.9 Å². The van der Waals surface area contributed by atoms with E-state index in [9.17, 15) is 36.7 Å². The first-order valence-electron chi connectivity index (χ1n) is 15.2. The summed E-state index contributed by atoms with van der Waals surface area (Å²) in [6, 6.07) is 12.0. The van der Waals surface area contributed by atoms with E-state index in [0.29, 0.717) is 17.5 Å². The molecule has 2 aromatic carbocycles. The summed E-state index contributed by atoms with van der Waals surface area (Å²) in [6.45, 7) is 7.87.